The Balaban J connectivity index is 2.38. The van der Waals surface area contributed by atoms with Crippen LogP contribution in [0.15, 0.2) is 30.3 Å². The van der Waals surface area contributed by atoms with Crippen LogP contribution in [0.1, 0.15) is 16.7 Å². The molecule has 4 heteroatoms. The molecule has 102 valence electrons. The fourth-order valence-corrected chi connectivity index (χ4v) is 2.43. The molecule has 0 amide bonds. The van der Waals surface area contributed by atoms with E-state index in [9.17, 15) is 4.39 Å². The van der Waals surface area contributed by atoms with Crippen molar-refractivity contribution in [2.24, 2.45) is 0 Å². The lowest BCUT2D eigenvalue weighted by atomic mass is 10.1. The summed E-state index contributed by atoms with van der Waals surface area (Å²) in [6.45, 7) is 5.80. The standard InChI is InChI=1S/C16H16FN3/c1-9-4-5-10(2)14(6-9)20-15-7-11(3)12(17)8-13(15)19-16(20)18/h4-8H,1-3H3,(H2,18,19). The van der Waals surface area contributed by atoms with E-state index in [2.05, 4.69) is 17.1 Å². The smallest absolute Gasteiger partial charge is 0.205 e. The number of rotatable bonds is 1. The van der Waals surface area contributed by atoms with Crippen LogP contribution >= 0.6 is 0 Å². The molecule has 3 aromatic rings. The number of hydrogen-bond donors (Lipinski definition) is 1. The van der Waals surface area contributed by atoms with Gasteiger partial charge >= 0.3 is 0 Å². The molecule has 0 saturated heterocycles. The maximum atomic E-state index is 13.6. The van der Waals surface area contributed by atoms with Crippen molar-refractivity contribution in [2.75, 3.05) is 5.73 Å². The van der Waals surface area contributed by atoms with Crippen LogP contribution in [0, 0.1) is 26.6 Å². The first kappa shape index (κ1) is 12.7. The Bertz CT molecular complexity index is 818. The van der Waals surface area contributed by atoms with Crippen molar-refractivity contribution in [3.63, 3.8) is 0 Å². The summed E-state index contributed by atoms with van der Waals surface area (Å²) in [5, 5.41) is 0. The predicted octanol–water partition coefficient (Wildman–Crippen LogP) is 3.67. The molecule has 0 unspecified atom stereocenters. The molecular formula is C16H16FN3. The average molecular weight is 269 g/mol. The molecule has 1 heterocycles. The molecular weight excluding hydrogens is 253 g/mol. The Labute approximate surface area is 116 Å². The number of nitrogens with zero attached hydrogens (tertiary/aromatic N) is 2. The predicted molar refractivity (Wildman–Crippen MR) is 79.7 cm³/mol. The molecule has 2 aromatic carbocycles. The first-order chi connectivity index (χ1) is 9.47. The third-order valence-corrected chi connectivity index (χ3v) is 3.57. The first-order valence-corrected chi connectivity index (χ1v) is 6.49. The SMILES string of the molecule is Cc1ccc(C)c(-n2c(N)nc3cc(F)c(C)cc32)c1. The fraction of sp³-hybridized carbons (Fsp3) is 0.188. The molecule has 0 radical (unpaired) electrons. The lowest BCUT2D eigenvalue weighted by molar-refractivity contribution is 0.620. The Hall–Kier alpha value is -2.36. The second kappa shape index (κ2) is 4.34. The molecule has 0 aliphatic carbocycles. The Kier molecular flexibility index (Phi) is 2.74. The zero-order valence-corrected chi connectivity index (χ0v) is 11.7. The minimum Gasteiger partial charge on any atom is -0.369 e. The number of fused-ring (bicyclic) bond motifs is 1. The molecule has 3 nitrogen and oxygen atoms in total. The molecule has 1 aromatic heterocycles. The van der Waals surface area contributed by atoms with Crippen molar-refractivity contribution in [3.05, 3.63) is 52.8 Å². The molecule has 20 heavy (non-hydrogen) atoms. The maximum Gasteiger partial charge on any atom is 0.205 e. The number of nitrogens with two attached hydrogens (primary N) is 1. The van der Waals surface area contributed by atoms with Gasteiger partial charge in [0.1, 0.15) is 5.82 Å². The number of aromatic nitrogens is 2. The average Bonchev–Trinajstić information content (AvgIpc) is 2.69. The lowest BCUT2D eigenvalue weighted by Gasteiger charge is -2.11. The molecule has 0 spiro atoms. The van der Waals surface area contributed by atoms with Crippen LogP contribution in [-0.4, -0.2) is 9.55 Å². The Morgan fingerprint density at radius 1 is 1.05 bits per heavy atom. The summed E-state index contributed by atoms with van der Waals surface area (Å²) < 4.78 is 15.5. The summed E-state index contributed by atoms with van der Waals surface area (Å²) in [4.78, 5) is 4.26. The van der Waals surface area contributed by atoms with Crippen LogP contribution in [0.3, 0.4) is 0 Å². The minimum absolute atomic E-state index is 0.261. The Morgan fingerprint density at radius 2 is 1.80 bits per heavy atom. The van der Waals surface area contributed by atoms with Gasteiger partial charge in [-0.25, -0.2) is 9.37 Å². The van der Waals surface area contributed by atoms with E-state index in [1.54, 1.807) is 13.0 Å². The van der Waals surface area contributed by atoms with Crippen molar-refractivity contribution < 1.29 is 4.39 Å². The van der Waals surface area contributed by atoms with Gasteiger partial charge in [0.2, 0.25) is 5.95 Å². The number of benzene rings is 2. The number of imidazole rings is 1. The highest BCUT2D eigenvalue weighted by atomic mass is 19.1. The van der Waals surface area contributed by atoms with Crippen LogP contribution in [0.2, 0.25) is 0 Å². The van der Waals surface area contributed by atoms with Crippen LogP contribution in [0.4, 0.5) is 10.3 Å². The maximum absolute atomic E-state index is 13.6. The van der Waals surface area contributed by atoms with Gasteiger partial charge in [0.05, 0.1) is 16.7 Å². The molecule has 0 bridgehead atoms. The fourth-order valence-electron chi connectivity index (χ4n) is 2.43. The zero-order valence-electron chi connectivity index (χ0n) is 11.7. The normalized spacial score (nSPS) is 11.2. The van der Waals surface area contributed by atoms with Gasteiger partial charge in [-0.2, -0.15) is 0 Å². The van der Waals surface area contributed by atoms with E-state index in [1.807, 2.05) is 24.5 Å². The van der Waals surface area contributed by atoms with Gasteiger partial charge in [0, 0.05) is 6.07 Å². The molecule has 0 aliphatic rings. The van der Waals surface area contributed by atoms with Gasteiger partial charge in [-0.05, 0) is 49.6 Å². The highest BCUT2D eigenvalue weighted by molar-refractivity contribution is 5.82. The molecule has 0 fully saturated rings. The molecule has 0 saturated carbocycles. The highest BCUT2D eigenvalue weighted by Gasteiger charge is 2.14. The quantitative estimate of drug-likeness (QED) is 0.732. The molecule has 0 atom stereocenters. The van der Waals surface area contributed by atoms with Crippen molar-refractivity contribution in [1.82, 2.24) is 9.55 Å². The summed E-state index contributed by atoms with van der Waals surface area (Å²) in [6.07, 6.45) is 0. The van der Waals surface area contributed by atoms with Crippen molar-refractivity contribution in [3.8, 4) is 5.69 Å². The second-order valence-electron chi connectivity index (χ2n) is 5.19. The van der Waals surface area contributed by atoms with Gasteiger partial charge in [-0.1, -0.05) is 12.1 Å². The van der Waals surface area contributed by atoms with Gasteiger partial charge in [-0.3, -0.25) is 4.57 Å². The van der Waals surface area contributed by atoms with Crippen LogP contribution < -0.4 is 5.73 Å². The third kappa shape index (κ3) is 1.84. The largest absolute Gasteiger partial charge is 0.369 e. The summed E-state index contributed by atoms with van der Waals surface area (Å²) in [5.74, 6) is 0.113. The summed E-state index contributed by atoms with van der Waals surface area (Å²) in [7, 11) is 0. The lowest BCUT2D eigenvalue weighted by Crippen LogP contribution is -2.03. The number of halogens is 1. The molecule has 0 aliphatic heterocycles. The van der Waals surface area contributed by atoms with E-state index >= 15 is 0 Å². The van der Waals surface area contributed by atoms with Crippen LogP contribution in [0.25, 0.3) is 16.7 Å². The number of anilines is 1. The van der Waals surface area contributed by atoms with Crippen LogP contribution in [0.5, 0.6) is 0 Å². The van der Waals surface area contributed by atoms with Gasteiger partial charge in [0.25, 0.3) is 0 Å². The second-order valence-corrected chi connectivity index (χ2v) is 5.19. The molecule has 3 rings (SSSR count). The van der Waals surface area contributed by atoms with Gasteiger partial charge in [-0.15, -0.1) is 0 Å². The van der Waals surface area contributed by atoms with E-state index in [1.165, 1.54) is 6.07 Å². The zero-order chi connectivity index (χ0) is 14.4. The van der Waals surface area contributed by atoms with E-state index < -0.39 is 0 Å². The monoisotopic (exact) mass is 269 g/mol. The molecule has 2 N–H and O–H groups in total. The van der Waals surface area contributed by atoms with Crippen molar-refractivity contribution in [2.45, 2.75) is 20.8 Å². The van der Waals surface area contributed by atoms with E-state index in [-0.39, 0.29) is 5.82 Å². The topological polar surface area (TPSA) is 43.8 Å². The van der Waals surface area contributed by atoms with E-state index in [4.69, 9.17) is 5.73 Å². The van der Waals surface area contributed by atoms with E-state index in [0.29, 0.717) is 17.0 Å². The highest BCUT2D eigenvalue weighted by Crippen LogP contribution is 2.27. The van der Waals surface area contributed by atoms with Gasteiger partial charge in [0.15, 0.2) is 0 Å². The first-order valence-electron chi connectivity index (χ1n) is 6.49. The van der Waals surface area contributed by atoms with Crippen molar-refractivity contribution in [1.29, 1.82) is 0 Å². The number of nitrogen functional groups attached to an aromatic ring is 1. The summed E-state index contributed by atoms with van der Waals surface area (Å²) in [5.41, 5.74) is 11.3. The van der Waals surface area contributed by atoms with Gasteiger partial charge < -0.3 is 5.73 Å². The minimum atomic E-state index is -0.261. The van der Waals surface area contributed by atoms with E-state index in [0.717, 1.165) is 22.3 Å². The third-order valence-electron chi connectivity index (χ3n) is 3.57. The number of hydrogen-bond acceptors (Lipinski definition) is 2. The van der Waals surface area contributed by atoms with Crippen molar-refractivity contribution >= 4 is 17.0 Å². The van der Waals surface area contributed by atoms with Crippen LogP contribution in [-0.2, 0) is 0 Å². The number of aryl methyl sites for hydroxylation is 3. The summed E-state index contributed by atoms with van der Waals surface area (Å²) in [6, 6.07) is 9.38. The summed E-state index contributed by atoms with van der Waals surface area (Å²) >= 11 is 0. The Morgan fingerprint density at radius 3 is 2.55 bits per heavy atom.